The van der Waals surface area contributed by atoms with Crippen molar-refractivity contribution < 1.29 is 24.2 Å². The summed E-state index contributed by atoms with van der Waals surface area (Å²) in [5.74, 6) is -2.22. The molecule has 0 saturated heterocycles. The predicted molar refractivity (Wildman–Crippen MR) is 106 cm³/mol. The number of likely N-dealkylation sites (N-methyl/N-ethyl adjacent to an activating group) is 1. The first-order valence-corrected chi connectivity index (χ1v) is 9.26. The maximum Gasteiger partial charge on any atom is 0.411 e. The van der Waals surface area contributed by atoms with E-state index in [1.165, 1.54) is 19.4 Å². The highest BCUT2D eigenvalue weighted by Gasteiger charge is 2.54. The number of imidazole rings is 1. The quantitative estimate of drug-likeness (QED) is 0.349. The highest BCUT2D eigenvalue weighted by molar-refractivity contribution is 6.12. The van der Waals surface area contributed by atoms with Crippen molar-refractivity contribution in [1.29, 1.82) is 0 Å². The molecule has 0 aliphatic carbocycles. The second-order valence-electron chi connectivity index (χ2n) is 6.49. The molecule has 1 amide bonds. The summed E-state index contributed by atoms with van der Waals surface area (Å²) in [6.45, 7) is 5.21. The number of aromatic amines is 1. The molecular formula is C18H31ClN4O5. The van der Waals surface area contributed by atoms with Crippen molar-refractivity contribution in [2.45, 2.75) is 64.5 Å². The molecule has 160 valence electrons. The van der Waals surface area contributed by atoms with Gasteiger partial charge in [-0.1, -0.05) is 26.2 Å². The van der Waals surface area contributed by atoms with Gasteiger partial charge in [0.2, 0.25) is 5.54 Å². The Kier molecular flexibility index (Phi) is 11.4. The Morgan fingerprint density at radius 2 is 2.00 bits per heavy atom. The van der Waals surface area contributed by atoms with Gasteiger partial charge in [-0.15, -0.1) is 12.4 Å². The molecule has 1 rings (SSSR count). The van der Waals surface area contributed by atoms with Gasteiger partial charge in [-0.3, -0.25) is 9.69 Å². The molecule has 28 heavy (non-hydrogen) atoms. The van der Waals surface area contributed by atoms with Gasteiger partial charge in [-0.2, -0.15) is 0 Å². The van der Waals surface area contributed by atoms with Crippen molar-refractivity contribution >= 4 is 30.3 Å². The van der Waals surface area contributed by atoms with E-state index in [1.54, 1.807) is 6.92 Å². The largest absolute Gasteiger partial charge is 0.479 e. The van der Waals surface area contributed by atoms with E-state index in [0.29, 0.717) is 12.1 Å². The van der Waals surface area contributed by atoms with Gasteiger partial charge in [0.1, 0.15) is 0 Å². The number of ketones is 1. The van der Waals surface area contributed by atoms with Gasteiger partial charge in [-0.25, -0.2) is 14.6 Å². The maximum atomic E-state index is 12.9. The zero-order valence-electron chi connectivity index (χ0n) is 16.6. The number of ether oxygens (including phenoxy) is 1. The maximum absolute atomic E-state index is 12.9. The number of aliphatic carboxylic acids is 1. The van der Waals surface area contributed by atoms with E-state index in [1.807, 2.05) is 0 Å². The number of hydrogen-bond donors (Lipinski definition) is 3. The minimum atomic E-state index is -2.17. The van der Waals surface area contributed by atoms with Crippen LogP contribution in [0.25, 0.3) is 0 Å². The van der Waals surface area contributed by atoms with Crippen molar-refractivity contribution in [2.24, 2.45) is 5.73 Å². The summed E-state index contributed by atoms with van der Waals surface area (Å²) < 4.78 is 5.25. The average molecular weight is 419 g/mol. The van der Waals surface area contributed by atoms with Crippen LogP contribution in [0.3, 0.4) is 0 Å². The lowest BCUT2D eigenvalue weighted by Gasteiger charge is -2.38. The predicted octanol–water partition coefficient (Wildman–Crippen LogP) is 2.15. The number of hydrogen-bond acceptors (Lipinski definition) is 6. The van der Waals surface area contributed by atoms with Gasteiger partial charge < -0.3 is 20.6 Å². The van der Waals surface area contributed by atoms with Crippen molar-refractivity contribution in [3.05, 3.63) is 18.2 Å². The number of unbranched alkanes of at least 4 members (excludes halogenated alkanes) is 3. The van der Waals surface area contributed by atoms with E-state index < -0.39 is 29.4 Å². The molecule has 0 radical (unpaired) electrons. The molecule has 1 aromatic rings. The third-order valence-corrected chi connectivity index (χ3v) is 4.40. The van der Waals surface area contributed by atoms with Gasteiger partial charge in [0.05, 0.1) is 19.0 Å². The Hall–Kier alpha value is -2.13. The normalized spacial score (nSPS) is 13.7. The van der Waals surface area contributed by atoms with Crippen LogP contribution in [0.2, 0.25) is 0 Å². The first kappa shape index (κ1) is 25.9. The van der Waals surface area contributed by atoms with Crippen LogP contribution < -0.4 is 5.73 Å². The zero-order valence-corrected chi connectivity index (χ0v) is 17.5. The number of H-pyrrole nitrogens is 1. The van der Waals surface area contributed by atoms with Crippen LogP contribution in [0.1, 0.15) is 52.1 Å². The summed E-state index contributed by atoms with van der Waals surface area (Å²) in [6.07, 6.45) is 5.33. The smallest absolute Gasteiger partial charge is 0.411 e. The van der Waals surface area contributed by atoms with Crippen molar-refractivity contribution in [3.8, 4) is 0 Å². The van der Waals surface area contributed by atoms with Crippen molar-refractivity contribution in [3.63, 3.8) is 0 Å². The number of carboxylic acids is 1. The topological polar surface area (TPSA) is 139 Å². The monoisotopic (exact) mass is 418 g/mol. The molecule has 2 atom stereocenters. The Balaban J connectivity index is 0.00000729. The fourth-order valence-corrected chi connectivity index (χ4v) is 2.97. The lowest BCUT2D eigenvalue weighted by molar-refractivity contribution is -0.157. The third kappa shape index (κ3) is 6.20. The van der Waals surface area contributed by atoms with E-state index in [9.17, 15) is 19.5 Å². The summed E-state index contributed by atoms with van der Waals surface area (Å²) in [6, 6.07) is -1.07. The van der Waals surface area contributed by atoms with Crippen LogP contribution in [0, 0.1) is 0 Å². The van der Waals surface area contributed by atoms with Crippen LogP contribution in [0.5, 0.6) is 0 Å². The van der Waals surface area contributed by atoms with E-state index in [-0.39, 0.29) is 32.0 Å². The average Bonchev–Trinajstić information content (AvgIpc) is 3.13. The molecule has 0 aromatic carbocycles. The number of Topliss-reactive ketones (excluding diaryl/α,β-unsaturated/α-hetero) is 1. The van der Waals surface area contributed by atoms with E-state index in [2.05, 4.69) is 16.9 Å². The molecule has 4 N–H and O–H groups in total. The number of nitrogens with zero attached hydrogens (tertiary/aromatic N) is 2. The number of amides is 1. The third-order valence-electron chi connectivity index (χ3n) is 4.40. The molecule has 0 spiro atoms. The minimum Gasteiger partial charge on any atom is -0.479 e. The molecule has 1 heterocycles. The summed E-state index contributed by atoms with van der Waals surface area (Å²) in [4.78, 5) is 45.3. The van der Waals surface area contributed by atoms with Crippen LogP contribution in [0.15, 0.2) is 12.5 Å². The lowest BCUT2D eigenvalue weighted by atomic mass is 9.83. The van der Waals surface area contributed by atoms with Crippen LogP contribution in [0.4, 0.5) is 4.79 Å². The SMILES string of the molecule is CCCCCCOC(=O)N(CC)[C@@](Cc1cnc[nH]1)(C(=O)O)C(=O)[C@H](C)N.Cl. The molecule has 0 unspecified atom stereocenters. The molecule has 9 nitrogen and oxygen atoms in total. The first-order valence-electron chi connectivity index (χ1n) is 9.26. The van der Waals surface area contributed by atoms with Gasteiger partial charge in [0.25, 0.3) is 0 Å². The summed E-state index contributed by atoms with van der Waals surface area (Å²) in [7, 11) is 0. The number of carbonyl (C=O) groups excluding carboxylic acids is 2. The van der Waals surface area contributed by atoms with Crippen molar-refractivity contribution in [1.82, 2.24) is 14.9 Å². The molecule has 0 fully saturated rings. The number of nitrogens with one attached hydrogen (secondary N) is 1. The molecule has 0 bridgehead atoms. The number of carbonyl (C=O) groups is 3. The van der Waals surface area contributed by atoms with E-state index in [0.717, 1.165) is 24.2 Å². The molecule has 0 saturated carbocycles. The van der Waals surface area contributed by atoms with E-state index >= 15 is 0 Å². The Morgan fingerprint density at radius 3 is 2.46 bits per heavy atom. The highest BCUT2D eigenvalue weighted by Crippen LogP contribution is 2.25. The second kappa shape index (κ2) is 12.4. The summed E-state index contributed by atoms with van der Waals surface area (Å²) in [5.41, 5.74) is 3.95. The number of halogens is 1. The molecule has 1 aromatic heterocycles. The lowest BCUT2D eigenvalue weighted by Crippen LogP contribution is -2.66. The number of carboxylic acid groups (broad SMARTS) is 1. The molecular weight excluding hydrogens is 388 g/mol. The fourth-order valence-electron chi connectivity index (χ4n) is 2.97. The molecule has 0 aliphatic heterocycles. The van der Waals surface area contributed by atoms with Crippen LogP contribution in [-0.4, -0.2) is 62.6 Å². The number of aromatic nitrogens is 2. The molecule has 10 heteroatoms. The Bertz CT molecular complexity index is 624. The van der Waals surface area contributed by atoms with Crippen LogP contribution in [-0.2, 0) is 20.7 Å². The second-order valence-corrected chi connectivity index (χ2v) is 6.49. The summed E-state index contributed by atoms with van der Waals surface area (Å²) >= 11 is 0. The highest BCUT2D eigenvalue weighted by atomic mass is 35.5. The molecule has 0 aliphatic rings. The fraction of sp³-hybridized carbons (Fsp3) is 0.667. The van der Waals surface area contributed by atoms with Gasteiger partial charge in [0.15, 0.2) is 5.78 Å². The number of nitrogens with two attached hydrogens (primary N) is 1. The number of rotatable bonds is 12. The van der Waals surface area contributed by atoms with Gasteiger partial charge in [0, 0.05) is 24.9 Å². The summed E-state index contributed by atoms with van der Waals surface area (Å²) in [5, 5.41) is 9.97. The minimum absolute atomic E-state index is 0. The van der Waals surface area contributed by atoms with Crippen molar-refractivity contribution in [2.75, 3.05) is 13.2 Å². The van der Waals surface area contributed by atoms with Crippen LogP contribution >= 0.6 is 12.4 Å². The first-order chi connectivity index (χ1) is 12.8. The van der Waals surface area contributed by atoms with Gasteiger partial charge in [-0.05, 0) is 20.3 Å². The van der Waals surface area contributed by atoms with Gasteiger partial charge >= 0.3 is 12.1 Å². The zero-order chi connectivity index (χ0) is 20.4. The standard InChI is InChI=1S/C18H30N4O5.ClH/c1-4-6-7-8-9-27-17(26)22(5-2)18(16(24)25,15(23)13(3)19)10-14-11-20-12-21-14;/h11-13H,4-10,19H2,1-3H3,(H,20,21)(H,24,25);1H/t13-,18+;/m0./s1. The Morgan fingerprint density at radius 1 is 1.32 bits per heavy atom. The Labute approximate surface area is 171 Å². The van der Waals surface area contributed by atoms with E-state index in [4.69, 9.17) is 10.5 Å².